The van der Waals surface area contributed by atoms with E-state index in [1.54, 1.807) is 0 Å². The molecule has 10 heteroatoms. The van der Waals surface area contributed by atoms with E-state index in [1.807, 2.05) is 0 Å². The zero-order valence-corrected chi connectivity index (χ0v) is 15.5. The van der Waals surface area contributed by atoms with Gasteiger partial charge < -0.3 is 15.8 Å². The van der Waals surface area contributed by atoms with Gasteiger partial charge in [-0.25, -0.2) is 4.39 Å². The summed E-state index contributed by atoms with van der Waals surface area (Å²) < 4.78 is 32.8. The number of hydrogen-bond acceptors (Lipinski definition) is 8. The number of benzene rings is 1. The molecule has 3 atom stereocenters. The Morgan fingerprint density at radius 2 is 2.07 bits per heavy atom. The zero-order valence-electron chi connectivity index (χ0n) is 15.5. The van der Waals surface area contributed by atoms with Crippen molar-refractivity contribution < 1.29 is 13.5 Å². The number of nitrogens with two attached hydrogens (primary N) is 1. The molecule has 2 fully saturated rings. The number of anilines is 2. The number of methoxy groups -OCH3 is 1. The summed E-state index contributed by atoms with van der Waals surface area (Å²) in [5, 5.41) is 2.92. The molecule has 8 nitrogen and oxygen atoms in total. The summed E-state index contributed by atoms with van der Waals surface area (Å²) in [7, 11) is 1.29. The molecule has 2 heterocycles. The molecule has 2 aliphatic rings. The highest BCUT2D eigenvalue weighted by atomic mass is 19.2. The molecule has 5 N–H and O–H groups in total. The highest BCUT2D eigenvalue weighted by Gasteiger charge is 2.35. The third kappa shape index (κ3) is 3.69. The quantitative estimate of drug-likeness (QED) is 0.610. The van der Waals surface area contributed by atoms with Crippen molar-refractivity contribution in [2.24, 2.45) is 5.92 Å². The van der Waals surface area contributed by atoms with E-state index in [2.05, 4.69) is 31.1 Å². The van der Waals surface area contributed by atoms with Crippen molar-refractivity contribution in [3.8, 4) is 5.75 Å². The van der Waals surface area contributed by atoms with Crippen LogP contribution in [0.25, 0.3) is 0 Å². The van der Waals surface area contributed by atoms with E-state index in [1.165, 1.54) is 19.2 Å². The molecule has 0 radical (unpaired) electrons. The minimum absolute atomic E-state index is 0.0104. The van der Waals surface area contributed by atoms with Crippen molar-refractivity contribution in [1.82, 2.24) is 25.8 Å². The van der Waals surface area contributed by atoms with Crippen LogP contribution in [-0.4, -0.2) is 34.6 Å². The maximum Gasteiger partial charge on any atom is 0.228 e. The SMILES string of the molecule is COc1ccc(CNc2nc(N)nc(C3CCC4CNNC4C3)n2)c(F)c1F. The van der Waals surface area contributed by atoms with Gasteiger partial charge in [-0.05, 0) is 31.2 Å². The van der Waals surface area contributed by atoms with E-state index < -0.39 is 11.6 Å². The van der Waals surface area contributed by atoms with Crippen molar-refractivity contribution in [1.29, 1.82) is 0 Å². The first-order valence-electron chi connectivity index (χ1n) is 9.29. The molecule has 3 unspecified atom stereocenters. The Morgan fingerprint density at radius 3 is 2.89 bits per heavy atom. The number of nitrogens with zero attached hydrogens (tertiary/aromatic N) is 3. The van der Waals surface area contributed by atoms with Crippen LogP contribution in [0.15, 0.2) is 12.1 Å². The molecule has 1 saturated carbocycles. The van der Waals surface area contributed by atoms with Crippen LogP contribution < -0.4 is 26.6 Å². The summed E-state index contributed by atoms with van der Waals surface area (Å²) in [6, 6.07) is 3.23. The Kier molecular flexibility index (Phi) is 5.23. The average molecular weight is 391 g/mol. The molecule has 0 spiro atoms. The standard InChI is InChI=1S/C18H23F2N7O/c1-28-13-5-4-11(14(19)15(13)20)7-22-18-25-16(24-17(21)26-18)9-2-3-10-8-23-27-12(10)6-9/h4-5,9-10,12,23,27H,2-3,6-8H2,1H3,(H3,21,22,24,25,26). The normalized spacial score (nSPS) is 24.0. The second-order valence-electron chi connectivity index (χ2n) is 7.19. The number of aromatic nitrogens is 3. The topological polar surface area (TPSA) is 110 Å². The van der Waals surface area contributed by atoms with E-state index in [-0.39, 0.29) is 35.7 Å². The van der Waals surface area contributed by atoms with Gasteiger partial charge >= 0.3 is 0 Å². The van der Waals surface area contributed by atoms with Crippen LogP contribution in [0.3, 0.4) is 0 Å². The molecule has 1 aliphatic carbocycles. The molecule has 0 bridgehead atoms. The van der Waals surface area contributed by atoms with Gasteiger partial charge in [0.15, 0.2) is 11.6 Å². The molecule has 1 saturated heterocycles. The second kappa shape index (κ2) is 7.80. The minimum atomic E-state index is -1.02. The van der Waals surface area contributed by atoms with Gasteiger partial charge in [0, 0.05) is 30.6 Å². The fraction of sp³-hybridized carbons (Fsp3) is 0.500. The molecule has 2 aromatic rings. The highest BCUT2D eigenvalue weighted by molar-refractivity contribution is 5.36. The minimum Gasteiger partial charge on any atom is -0.494 e. The molecule has 1 aromatic carbocycles. The number of hydrazine groups is 1. The first-order chi connectivity index (χ1) is 13.5. The van der Waals surface area contributed by atoms with Crippen molar-refractivity contribution in [2.75, 3.05) is 24.7 Å². The van der Waals surface area contributed by atoms with Gasteiger partial charge in [-0.15, -0.1) is 0 Å². The molecule has 0 amide bonds. The largest absolute Gasteiger partial charge is 0.494 e. The number of nitrogen functional groups attached to an aromatic ring is 1. The van der Waals surface area contributed by atoms with E-state index in [9.17, 15) is 8.78 Å². The van der Waals surface area contributed by atoms with Crippen LogP contribution in [0.4, 0.5) is 20.7 Å². The Balaban J connectivity index is 1.48. The van der Waals surface area contributed by atoms with Crippen molar-refractivity contribution in [3.63, 3.8) is 0 Å². The van der Waals surface area contributed by atoms with E-state index in [0.717, 1.165) is 25.8 Å². The Bertz CT molecular complexity index is 866. The fourth-order valence-electron chi connectivity index (χ4n) is 3.92. The predicted molar refractivity (Wildman–Crippen MR) is 99.5 cm³/mol. The number of ether oxygens (including phenoxy) is 1. The Hall–Kier alpha value is -2.59. The lowest BCUT2D eigenvalue weighted by Crippen LogP contribution is -2.36. The van der Waals surface area contributed by atoms with Crippen LogP contribution in [0.2, 0.25) is 0 Å². The summed E-state index contributed by atoms with van der Waals surface area (Å²) in [6.07, 6.45) is 2.98. The van der Waals surface area contributed by atoms with Crippen LogP contribution in [-0.2, 0) is 6.54 Å². The Labute approximate surface area is 161 Å². The van der Waals surface area contributed by atoms with Crippen LogP contribution in [0, 0.1) is 17.6 Å². The number of nitrogens with one attached hydrogen (secondary N) is 3. The first-order valence-corrected chi connectivity index (χ1v) is 9.29. The lowest BCUT2D eigenvalue weighted by molar-refractivity contribution is 0.296. The van der Waals surface area contributed by atoms with Gasteiger partial charge in [0.2, 0.25) is 17.7 Å². The lowest BCUT2D eigenvalue weighted by atomic mass is 9.79. The van der Waals surface area contributed by atoms with Crippen molar-refractivity contribution in [2.45, 2.75) is 37.8 Å². The average Bonchev–Trinajstić information content (AvgIpc) is 3.16. The van der Waals surface area contributed by atoms with Crippen LogP contribution in [0.1, 0.15) is 36.6 Å². The number of rotatable bonds is 5. The maximum atomic E-state index is 14.1. The summed E-state index contributed by atoms with van der Waals surface area (Å²) in [4.78, 5) is 12.8. The lowest BCUT2D eigenvalue weighted by Gasteiger charge is -2.29. The fourth-order valence-corrected chi connectivity index (χ4v) is 3.92. The molecule has 1 aliphatic heterocycles. The number of hydrogen-bond donors (Lipinski definition) is 4. The first kappa shape index (κ1) is 18.8. The smallest absolute Gasteiger partial charge is 0.228 e. The Morgan fingerprint density at radius 1 is 1.21 bits per heavy atom. The highest BCUT2D eigenvalue weighted by Crippen LogP contribution is 2.36. The third-order valence-corrected chi connectivity index (χ3v) is 5.46. The molecule has 150 valence electrons. The summed E-state index contributed by atoms with van der Waals surface area (Å²) in [5.41, 5.74) is 12.5. The van der Waals surface area contributed by atoms with Gasteiger partial charge in [-0.3, -0.25) is 10.9 Å². The predicted octanol–water partition coefficient (Wildman–Crippen LogP) is 1.71. The van der Waals surface area contributed by atoms with Crippen molar-refractivity contribution in [3.05, 3.63) is 35.2 Å². The summed E-state index contributed by atoms with van der Waals surface area (Å²) in [6.45, 7) is 0.990. The van der Waals surface area contributed by atoms with Gasteiger partial charge in [-0.2, -0.15) is 19.3 Å². The van der Waals surface area contributed by atoms with E-state index >= 15 is 0 Å². The number of fused-ring (bicyclic) bond motifs is 1. The number of halogens is 2. The van der Waals surface area contributed by atoms with E-state index in [4.69, 9.17) is 10.5 Å². The van der Waals surface area contributed by atoms with E-state index in [0.29, 0.717) is 17.8 Å². The van der Waals surface area contributed by atoms with Crippen LogP contribution in [0.5, 0.6) is 5.75 Å². The zero-order chi connectivity index (χ0) is 19.7. The molecule has 4 rings (SSSR count). The molecule has 28 heavy (non-hydrogen) atoms. The van der Waals surface area contributed by atoms with Crippen molar-refractivity contribution >= 4 is 11.9 Å². The van der Waals surface area contributed by atoms with Gasteiger partial charge in [-0.1, -0.05) is 6.07 Å². The van der Waals surface area contributed by atoms with Crippen LogP contribution >= 0.6 is 0 Å². The monoisotopic (exact) mass is 391 g/mol. The van der Waals surface area contributed by atoms with Gasteiger partial charge in [0.25, 0.3) is 0 Å². The third-order valence-electron chi connectivity index (χ3n) is 5.46. The molecule has 1 aromatic heterocycles. The van der Waals surface area contributed by atoms with Gasteiger partial charge in [0.05, 0.1) is 7.11 Å². The molecular weight excluding hydrogens is 368 g/mol. The van der Waals surface area contributed by atoms with Gasteiger partial charge in [0.1, 0.15) is 5.82 Å². The molecular formula is C18H23F2N7O. The summed E-state index contributed by atoms with van der Waals surface area (Å²) in [5.74, 6) is -0.344. The second-order valence-corrected chi connectivity index (χ2v) is 7.19. The summed E-state index contributed by atoms with van der Waals surface area (Å²) >= 11 is 0. The maximum absolute atomic E-state index is 14.1.